The number of rotatable bonds is 5. The largest absolute Gasteiger partial charge is 0.381 e. The maximum Gasteiger partial charge on any atom is 0.123 e. The fraction of sp³-hybridized carbons (Fsp3) is 0.455. The Morgan fingerprint density at radius 2 is 1.88 bits per heavy atom. The van der Waals surface area contributed by atoms with E-state index in [1.54, 1.807) is 6.07 Å². The lowest BCUT2D eigenvalue weighted by Gasteiger charge is -2.39. The van der Waals surface area contributed by atoms with Gasteiger partial charge >= 0.3 is 0 Å². The summed E-state index contributed by atoms with van der Waals surface area (Å²) in [5, 5.41) is 3.79. The van der Waals surface area contributed by atoms with Gasteiger partial charge in [0.05, 0.1) is 0 Å². The number of nitrogens with one attached hydrogen (secondary N) is 1. The lowest BCUT2D eigenvalue weighted by atomic mass is 9.74. The summed E-state index contributed by atoms with van der Waals surface area (Å²) in [5.74, 6) is -0.149. The molecule has 0 aromatic heterocycles. The molecular formula is C22H27FN2O. The first-order chi connectivity index (χ1) is 12.8. The van der Waals surface area contributed by atoms with Crippen LogP contribution in [0.15, 0.2) is 54.6 Å². The number of hydrogen-bond donors (Lipinski definition) is 1. The molecular weight excluding hydrogens is 327 g/mol. The lowest BCUT2D eigenvalue weighted by molar-refractivity contribution is 0.0490. The van der Waals surface area contributed by atoms with Crippen LogP contribution in [0.5, 0.6) is 0 Å². The van der Waals surface area contributed by atoms with Gasteiger partial charge in [0.15, 0.2) is 0 Å². The van der Waals surface area contributed by atoms with E-state index < -0.39 is 0 Å². The summed E-state index contributed by atoms with van der Waals surface area (Å²) in [6.07, 6.45) is 3.03. The van der Waals surface area contributed by atoms with E-state index in [1.807, 2.05) is 6.07 Å². The average molecular weight is 354 g/mol. The Kier molecular flexibility index (Phi) is 5.23. The molecule has 2 saturated heterocycles. The van der Waals surface area contributed by atoms with Gasteiger partial charge in [-0.05, 0) is 49.1 Å². The van der Waals surface area contributed by atoms with Crippen LogP contribution in [-0.2, 0) is 10.2 Å². The maximum absolute atomic E-state index is 13.8. The molecule has 4 heteroatoms. The molecule has 2 heterocycles. The van der Waals surface area contributed by atoms with E-state index in [-0.39, 0.29) is 11.2 Å². The summed E-state index contributed by atoms with van der Waals surface area (Å²) in [6.45, 7) is 4.49. The monoisotopic (exact) mass is 354 g/mol. The molecule has 2 aromatic rings. The maximum atomic E-state index is 13.8. The molecule has 0 saturated carbocycles. The Hall–Kier alpha value is -1.91. The Morgan fingerprint density at radius 1 is 1.08 bits per heavy atom. The zero-order chi connectivity index (χ0) is 17.8. The van der Waals surface area contributed by atoms with Gasteiger partial charge in [-0.3, -0.25) is 0 Å². The highest BCUT2D eigenvalue weighted by Crippen LogP contribution is 2.35. The summed E-state index contributed by atoms with van der Waals surface area (Å²) >= 11 is 0. The Balaban J connectivity index is 1.43. The standard InChI is InChI=1S/C22H27FN2O/c23-19-6-4-5-18(15-19)22(10-13-26-14-11-22)17-24-20-9-12-25(16-20)21-7-2-1-3-8-21/h1-8,15,20,24H,9-14,16-17H2. The van der Waals surface area contributed by atoms with Gasteiger partial charge < -0.3 is 15.0 Å². The summed E-state index contributed by atoms with van der Waals surface area (Å²) in [6, 6.07) is 18.2. The fourth-order valence-corrected chi connectivity index (χ4v) is 4.29. The van der Waals surface area contributed by atoms with Gasteiger partial charge in [-0.15, -0.1) is 0 Å². The van der Waals surface area contributed by atoms with Crippen LogP contribution in [0.4, 0.5) is 10.1 Å². The highest BCUT2D eigenvalue weighted by molar-refractivity contribution is 5.47. The van der Waals surface area contributed by atoms with Gasteiger partial charge in [-0.25, -0.2) is 4.39 Å². The van der Waals surface area contributed by atoms with Crippen molar-refractivity contribution >= 4 is 5.69 Å². The minimum Gasteiger partial charge on any atom is -0.381 e. The third kappa shape index (κ3) is 3.76. The van der Waals surface area contributed by atoms with Crippen LogP contribution in [0.3, 0.4) is 0 Å². The van der Waals surface area contributed by atoms with Crippen LogP contribution >= 0.6 is 0 Å². The van der Waals surface area contributed by atoms with E-state index in [0.717, 1.165) is 57.7 Å². The molecule has 1 unspecified atom stereocenters. The number of halogens is 1. The van der Waals surface area contributed by atoms with Crippen molar-refractivity contribution in [3.63, 3.8) is 0 Å². The van der Waals surface area contributed by atoms with E-state index in [4.69, 9.17) is 4.74 Å². The van der Waals surface area contributed by atoms with E-state index in [0.29, 0.717) is 6.04 Å². The van der Waals surface area contributed by atoms with Crippen LogP contribution in [0.2, 0.25) is 0 Å². The lowest BCUT2D eigenvalue weighted by Crippen LogP contribution is -2.46. The smallest absolute Gasteiger partial charge is 0.123 e. The van der Waals surface area contributed by atoms with Gasteiger partial charge in [-0.1, -0.05) is 30.3 Å². The zero-order valence-corrected chi connectivity index (χ0v) is 15.2. The minimum atomic E-state index is -0.149. The van der Waals surface area contributed by atoms with Crippen LogP contribution in [-0.4, -0.2) is 38.9 Å². The molecule has 0 spiro atoms. The molecule has 3 nitrogen and oxygen atoms in total. The van der Waals surface area contributed by atoms with Crippen molar-refractivity contribution in [3.8, 4) is 0 Å². The third-order valence-electron chi connectivity index (χ3n) is 5.93. The molecule has 4 rings (SSSR count). The number of anilines is 1. The van der Waals surface area contributed by atoms with Crippen LogP contribution < -0.4 is 10.2 Å². The Bertz CT molecular complexity index is 715. The quantitative estimate of drug-likeness (QED) is 0.885. The van der Waals surface area contributed by atoms with Crippen molar-refractivity contribution in [3.05, 3.63) is 66.0 Å². The molecule has 2 aromatic carbocycles. The van der Waals surface area contributed by atoms with Gasteiger partial charge in [0.1, 0.15) is 5.82 Å². The highest BCUT2D eigenvalue weighted by atomic mass is 19.1. The van der Waals surface area contributed by atoms with Crippen LogP contribution in [0.25, 0.3) is 0 Å². The van der Waals surface area contributed by atoms with Gasteiger partial charge in [-0.2, -0.15) is 0 Å². The van der Waals surface area contributed by atoms with Crippen LogP contribution in [0, 0.1) is 5.82 Å². The SMILES string of the molecule is Fc1cccc(C2(CNC3CCN(c4ccccc4)C3)CCOCC2)c1. The van der Waals surface area contributed by atoms with E-state index in [9.17, 15) is 4.39 Å². The number of benzene rings is 2. The predicted molar refractivity (Wildman–Crippen MR) is 103 cm³/mol. The van der Waals surface area contributed by atoms with Crippen molar-refractivity contribution in [2.24, 2.45) is 0 Å². The fourth-order valence-electron chi connectivity index (χ4n) is 4.29. The van der Waals surface area contributed by atoms with Crippen molar-refractivity contribution in [1.82, 2.24) is 5.32 Å². The van der Waals surface area contributed by atoms with Crippen molar-refractivity contribution in [2.75, 3.05) is 37.7 Å². The van der Waals surface area contributed by atoms with Crippen molar-refractivity contribution < 1.29 is 9.13 Å². The molecule has 1 atom stereocenters. The van der Waals surface area contributed by atoms with Crippen molar-refractivity contribution in [2.45, 2.75) is 30.7 Å². The molecule has 2 fully saturated rings. The number of para-hydroxylation sites is 1. The zero-order valence-electron chi connectivity index (χ0n) is 15.2. The Morgan fingerprint density at radius 3 is 2.65 bits per heavy atom. The molecule has 0 amide bonds. The molecule has 2 aliphatic heterocycles. The molecule has 0 aliphatic carbocycles. The van der Waals surface area contributed by atoms with Gasteiger partial charge in [0, 0.05) is 50.0 Å². The van der Waals surface area contributed by atoms with Gasteiger partial charge in [0.2, 0.25) is 0 Å². The summed E-state index contributed by atoms with van der Waals surface area (Å²) in [5.41, 5.74) is 2.37. The Labute approximate surface area is 155 Å². The number of ether oxygens (including phenoxy) is 1. The summed E-state index contributed by atoms with van der Waals surface area (Å²) < 4.78 is 19.4. The van der Waals surface area contributed by atoms with Crippen molar-refractivity contribution in [1.29, 1.82) is 0 Å². The topological polar surface area (TPSA) is 24.5 Å². The third-order valence-corrected chi connectivity index (χ3v) is 5.93. The molecule has 2 aliphatic rings. The molecule has 0 bridgehead atoms. The normalized spacial score (nSPS) is 22.5. The van der Waals surface area contributed by atoms with E-state index >= 15 is 0 Å². The highest BCUT2D eigenvalue weighted by Gasteiger charge is 2.36. The molecule has 0 radical (unpaired) electrons. The summed E-state index contributed by atoms with van der Waals surface area (Å²) in [7, 11) is 0. The number of hydrogen-bond acceptors (Lipinski definition) is 3. The molecule has 1 N–H and O–H groups in total. The summed E-state index contributed by atoms with van der Waals surface area (Å²) in [4.78, 5) is 2.44. The van der Waals surface area contributed by atoms with E-state index in [2.05, 4.69) is 46.6 Å². The van der Waals surface area contributed by atoms with E-state index in [1.165, 1.54) is 11.8 Å². The first kappa shape index (κ1) is 17.5. The van der Waals surface area contributed by atoms with Crippen LogP contribution in [0.1, 0.15) is 24.8 Å². The number of nitrogens with zero attached hydrogens (tertiary/aromatic N) is 1. The average Bonchev–Trinajstić information content (AvgIpc) is 3.17. The second-order valence-corrected chi connectivity index (χ2v) is 7.55. The first-order valence-corrected chi connectivity index (χ1v) is 9.62. The second kappa shape index (κ2) is 7.77. The second-order valence-electron chi connectivity index (χ2n) is 7.55. The van der Waals surface area contributed by atoms with Gasteiger partial charge in [0.25, 0.3) is 0 Å². The first-order valence-electron chi connectivity index (χ1n) is 9.62. The molecule has 26 heavy (non-hydrogen) atoms. The minimum absolute atomic E-state index is 0.0273. The predicted octanol–water partition coefficient (Wildman–Crippen LogP) is 3.74. The molecule has 138 valence electrons.